The van der Waals surface area contributed by atoms with Crippen molar-refractivity contribution in [3.63, 3.8) is 0 Å². The van der Waals surface area contributed by atoms with Crippen LogP contribution in [0.2, 0.25) is 0 Å². The summed E-state index contributed by atoms with van der Waals surface area (Å²) >= 11 is 0. The van der Waals surface area contributed by atoms with Crippen molar-refractivity contribution in [1.82, 2.24) is 10.2 Å². The Balaban J connectivity index is 1.83. The highest BCUT2D eigenvalue weighted by atomic mass is 15.2. The van der Waals surface area contributed by atoms with Crippen LogP contribution in [0.25, 0.3) is 0 Å². The molecule has 0 fully saturated rings. The summed E-state index contributed by atoms with van der Waals surface area (Å²) in [5, 5.41) is 6.89. The van der Waals surface area contributed by atoms with Crippen molar-refractivity contribution in [3.05, 3.63) is 41.6 Å². The fourth-order valence-corrected chi connectivity index (χ4v) is 2.24. The first-order valence-electron chi connectivity index (χ1n) is 5.45. The summed E-state index contributed by atoms with van der Waals surface area (Å²) < 4.78 is 0. The van der Waals surface area contributed by atoms with Crippen LogP contribution in [0.4, 0.5) is 11.5 Å². The van der Waals surface area contributed by atoms with Gasteiger partial charge in [0.25, 0.3) is 0 Å². The largest absolute Gasteiger partial charge is 0.382 e. The molecular formula is C12H14N4. The van der Waals surface area contributed by atoms with Crippen molar-refractivity contribution >= 4 is 11.5 Å². The van der Waals surface area contributed by atoms with Gasteiger partial charge in [0.2, 0.25) is 0 Å². The van der Waals surface area contributed by atoms with E-state index in [1.165, 1.54) is 11.3 Å². The van der Waals surface area contributed by atoms with Crippen molar-refractivity contribution in [2.24, 2.45) is 0 Å². The van der Waals surface area contributed by atoms with E-state index >= 15 is 0 Å². The Morgan fingerprint density at radius 2 is 2.25 bits per heavy atom. The van der Waals surface area contributed by atoms with E-state index in [1.54, 1.807) is 0 Å². The monoisotopic (exact) mass is 214 g/mol. The molecule has 3 rings (SSSR count). The number of para-hydroxylation sites is 1. The Morgan fingerprint density at radius 3 is 3.06 bits per heavy atom. The van der Waals surface area contributed by atoms with Crippen molar-refractivity contribution in [2.45, 2.75) is 13.0 Å². The highest BCUT2D eigenvalue weighted by Gasteiger charge is 2.18. The fourth-order valence-electron chi connectivity index (χ4n) is 2.24. The van der Waals surface area contributed by atoms with E-state index in [-0.39, 0.29) is 0 Å². The molecule has 0 amide bonds. The van der Waals surface area contributed by atoms with Gasteiger partial charge in [0.05, 0.1) is 12.2 Å². The Morgan fingerprint density at radius 1 is 1.38 bits per heavy atom. The van der Waals surface area contributed by atoms with E-state index in [4.69, 9.17) is 5.73 Å². The van der Waals surface area contributed by atoms with E-state index in [1.807, 2.05) is 6.07 Å². The molecule has 0 saturated heterocycles. The average Bonchev–Trinajstić information content (AvgIpc) is 2.87. The summed E-state index contributed by atoms with van der Waals surface area (Å²) in [5.74, 6) is 0.558. The van der Waals surface area contributed by atoms with Crippen LogP contribution in [0.15, 0.2) is 30.3 Å². The SMILES string of the molecule is Nc1cc(CN2CCc3ccccc32)[nH]n1. The van der Waals surface area contributed by atoms with Crippen LogP contribution < -0.4 is 10.6 Å². The molecule has 1 aromatic carbocycles. The van der Waals surface area contributed by atoms with Crippen molar-refractivity contribution in [2.75, 3.05) is 17.2 Å². The highest BCUT2D eigenvalue weighted by molar-refractivity contribution is 5.57. The topological polar surface area (TPSA) is 57.9 Å². The Labute approximate surface area is 94.1 Å². The molecular weight excluding hydrogens is 200 g/mol. The number of benzene rings is 1. The number of hydrogen-bond acceptors (Lipinski definition) is 3. The zero-order valence-electron chi connectivity index (χ0n) is 8.98. The summed E-state index contributed by atoms with van der Waals surface area (Å²) in [6.45, 7) is 1.92. The number of nitrogens with two attached hydrogens (primary N) is 1. The molecule has 16 heavy (non-hydrogen) atoms. The maximum absolute atomic E-state index is 5.59. The lowest BCUT2D eigenvalue weighted by atomic mass is 10.2. The minimum absolute atomic E-state index is 0.558. The average molecular weight is 214 g/mol. The van der Waals surface area contributed by atoms with Crippen molar-refractivity contribution in [1.29, 1.82) is 0 Å². The molecule has 0 radical (unpaired) electrons. The number of anilines is 2. The molecule has 0 bridgehead atoms. The molecule has 82 valence electrons. The number of nitrogens with zero attached hydrogens (tertiary/aromatic N) is 2. The zero-order chi connectivity index (χ0) is 11.0. The van der Waals surface area contributed by atoms with Crippen molar-refractivity contribution in [3.8, 4) is 0 Å². The molecule has 1 aliphatic heterocycles. The molecule has 4 heteroatoms. The van der Waals surface area contributed by atoms with Gasteiger partial charge < -0.3 is 10.6 Å². The normalized spacial score (nSPS) is 14.1. The quantitative estimate of drug-likeness (QED) is 0.797. The van der Waals surface area contributed by atoms with Crippen LogP contribution in [0.3, 0.4) is 0 Å². The summed E-state index contributed by atoms with van der Waals surface area (Å²) in [6.07, 6.45) is 1.12. The summed E-state index contributed by atoms with van der Waals surface area (Å²) in [7, 11) is 0. The van der Waals surface area contributed by atoms with Crippen LogP contribution in [-0.4, -0.2) is 16.7 Å². The smallest absolute Gasteiger partial charge is 0.145 e. The molecule has 0 unspecified atom stereocenters. The fraction of sp³-hybridized carbons (Fsp3) is 0.250. The van der Waals surface area contributed by atoms with Crippen molar-refractivity contribution < 1.29 is 0 Å². The van der Waals surface area contributed by atoms with Gasteiger partial charge in [-0.25, -0.2) is 0 Å². The number of fused-ring (bicyclic) bond motifs is 1. The molecule has 0 atom stereocenters. The number of rotatable bonds is 2. The van der Waals surface area contributed by atoms with E-state index < -0.39 is 0 Å². The van der Waals surface area contributed by atoms with E-state index in [2.05, 4.69) is 39.4 Å². The van der Waals surface area contributed by atoms with Crippen LogP contribution in [-0.2, 0) is 13.0 Å². The summed E-state index contributed by atoms with van der Waals surface area (Å²) in [5.41, 5.74) is 9.41. The number of aromatic amines is 1. The van der Waals surface area contributed by atoms with Gasteiger partial charge in [-0.15, -0.1) is 0 Å². The standard InChI is InChI=1S/C12H14N4/c13-12-7-10(14-15-12)8-16-6-5-9-3-1-2-4-11(9)16/h1-4,7H,5-6,8H2,(H3,13,14,15). The summed E-state index contributed by atoms with van der Waals surface area (Å²) in [4.78, 5) is 2.35. The van der Waals surface area contributed by atoms with Gasteiger partial charge >= 0.3 is 0 Å². The van der Waals surface area contributed by atoms with Gasteiger partial charge in [-0.05, 0) is 18.1 Å². The molecule has 1 aliphatic rings. The summed E-state index contributed by atoms with van der Waals surface area (Å²) in [6, 6.07) is 10.4. The minimum atomic E-state index is 0.558. The highest BCUT2D eigenvalue weighted by Crippen LogP contribution is 2.28. The zero-order valence-corrected chi connectivity index (χ0v) is 8.98. The Bertz CT molecular complexity index is 503. The number of hydrogen-bond donors (Lipinski definition) is 2. The van der Waals surface area contributed by atoms with Gasteiger partial charge in [-0.2, -0.15) is 5.10 Å². The lowest BCUT2D eigenvalue weighted by molar-refractivity contribution is 0.808. The number of aromatic nitrogens is 2. The number of H-pyrrole nitrogens is 1. The second kappa shape index (κ2) is 3.56. The van der Waals surface area contributed by atoms with Gasteiger partial charge in [-0.1, -0.05) is 18.2 Å². The van der Waals surface area contributed by atoms with E-state index in [9.17, 15) is 0 Å². The first-order valence-corrected chi connectivity index (χ1v) is 5.45. The molecule has 0 aliphatic carbocycles. The van der Waals surface area contributed by atoms with Crippen LogP contribution in [0.5, 0.6) is 0 Å². The molecule has 2 aromatic rings. The molecule has 0 spiro atoms. The van der Waals surface area contributed by atoms with Gasteiger partial charge in [0.1, 0.15) is 5.82 Å². The lowest BCUT2D eigenvalue weighted by Gasteiger charge is -2.17. The Kier molecular flexibility index (Phi) is 2.06. The van der Waals surface area contributed by atoms with Crippen LogP contribution in [0, 0.1) is 0 Å². The number of nitrogen functional groups attached to an aromatic ring is 1. The predicted molar refractivity (Wildman–Crippen MR) is 64.2 cm³/mol. The molecule has 0 saturated carbocycles. The predicted octanol–water partition coefficient (Wildman–Crippen LogP) is 1.55. The molecule has 2 heterocycles. The second-order valence-corrected chi connectivity index (χ2v) is 4.12. The van der Waals surface area contributed by atoms with E-state index in [0.29, 0.717) is 5.82 Å². The molecule has 4 nitrogen and oxygen atoms in total. The minimum Gasteiger partial charge on any atom is -0.382 e. The maximum Gasteiger partial charge on any atom is 0.145 e. The van der Waals surface area contributed by atoms with Gasteiger partial charge in [0.15, 0.2) is 0 Å². The lowest BCUT2D eigenvalue weighted by Crippen LogP contribution is -2.19. The number of nitrogens with one attached hydrogen (secondary N) is 1. The molecule has 3 N–H and O–H groups in total. The maximum atomic E-state index is 5.59. The third-order valence-electron chi connectivity index (χ3n) is 3.00. The van der Waals surface area contributed by atoms with Crippen LogP contribution in [0.1, 0.15) is 11.3 Å². The van der Waals surface area contributed by atoms with E-state index in [0.717, 1.165) is 25.2 Å². The van der Waals surface area contributed by atoms with Crippen LogP contribution >= 0.6 is 0 Å². The Hall–Kier alpha value is -1.97. The third kappa shape index (κ3) is 1.52. The second-order valence-electron chi connectivity index (χ2n) is 4.12. The van der Waals surface area contributed by atoms with Gasteiger partial charge in [0, 0.05) is 18.3 Å². The molecule has 1 aromatic heterocycles. The van der Waals surface area contributed by atoms with Gasteiger partial charge in [-0.3, -0.25) is 5.10 Å². The first-order chi connectivity index (χ1) is 7.83. The third-order valence-corrected chi connectivity index (χ3v) is 3.00. The first kappa shape index (κ1) is 9.27.